The van der Waals surface area contributed by atoms with Crippen molar-refractivity contribution in [3.05, 3.63) is 0 Å². The first-order valence-electron chi connectivity index (χ1n) is 7.81. The molecule has 0 atom stereocenters. The van der Waals surface area contributed by atoms with Gasteiger partial charge in [0.25, 0.3) is 0 Å². The van der Waals surface area contributed by atoms with Gasteiger partial charge in [-0.05, 0) is 0 Å². The quantitative estimate of drug-likeness (QED) is 0.386. The van der Waals surface area contributed by atoms with Crippen LogP contribution in [0.1, 0.15) is 12.8 Å². The first-order valence-corrected chi connectivity index (χ1v) is 11.1. The fourth-order valence-corrected chi connectivity index (χ4v) is 5.28. The van der Waals surface area contributed by atoms with E-state index in [2.05, 4.69) is 0 Å². The Balaban J connectivity index is 3.01. The molecule has 0 unspecified atom stereocenters. The molecular weight excluding hydrogens is 476 g/mol. The number of hydrogen-bond donors (Lipinski definition) is 0. The van der Waals surface area contributed by atoms with Crippen LogP contribution >= 0.6 is 0 Å². The van der Waals surface area contributed by atoms with Crippen LogP contribution in [-0.4, -0.2) is 81.9 Å². The van der Waals surface area contributed by atoms with Gasteiger partial charge in [0.05, 0.1) is 26.2 Å². The van der Waals surface area contributed by atoms with E-state index in [0.29, 0.717) is 0 Å². The molecule has 0 aliphatic carbocycles. The van der Waals surface area contributed by atoms with Gasteiger partial charge in [-0.1, -0.05) is 0 Å². The minimum Gasteiger partial charge on any atom is -0.322 e. The largest absolute Gasteiger partial charge is 0.469 e. The Morgan fingerprint density at radius 1 is 0.586 bits per heavy atom. The van der Waals surface area contributed by atoms with E-state index in [9.17, 15) is 60.7 Å². The van der Waals surface area contributed by atoms with Crippen LogP contribution in [-0.2, 0) is 19.7 Å². The first kappa shape index (κ1) is 26.2. The Hall–Kier alpha value is -0.840. The van der Waals surface area contributed by atoms with Gasteiger partial charge < -0.3 is 4.48 Å². The number of sulfone groups is 2. The summed E-state index contributed by atoms with van der Waals surface area (Å²) in [6.07, 6.45) is -12.4. The Morgan fingerprint density at radius 2 is 0.862 bits per heavy atom. The van der Waals surface area contributed by atoms with Gasteiger partial charge in [0.1, 0.15) is 11.5 Å². The number of quaternary nitrogens is 1. The monoisotopic (exact) mass is 492 g/mol. The lowest BCUT2D eigenvalue weighted by Gasteiger charge is -2.35. The van der Waals surface area contributed by atoms with E-state index in [1.807, 2.05) is 0 Å². The van der Waals surface area contributed by atoms with Gasteiger partial charge in [0, 0.05) is 12.8 Å². The molecule has 1 heterocycles. The number of nitrogens with zero attached hydrogens (tertiary/aromatic N) is 1. The van der Waals surface area contributed by atoms with E-state index in [4.69, 9.17) is 0 Å². The van der Waals surface area contributed by atoms with Gasteiger partial charge in [-0.2, -0.15) is 43.9 Å². The third-order valence-corrected chi connectivity index (χ3v) is 8.09. The van der Waals surface area contributed by atoms with E-state index in [0.717, 1.165) is 0 Å². The molecule has 29 heavy (non-hydrogen) atoms. The van der Waals surface area contributed by atoms with E-state index in [1.165, 1.54) is 0 Å². The molecule has 1 rings (SSSR count). The fraction of sp³-hybridized carbons (Fsp3) is 1.00. The van der Waals surface area contributed by atoms with Gasteiger partial charge >= 0.3 is 22.9 Å². The zero-order chi connectivity index (χ0) is 23.2. The second-order valence-electron chi connectivity index (χ2n) is 6.61. The van der Waals surface area contributed by atoms with Crippen LogP contribution in [0.15, 0.2) is 0 Å². The summed E-state index contributed by atoms with van der Waals surface area (Å²) >= 11 is 0. The molecule has 0 amide bonds. The zero-order valence-electron chi connectivity index (χ0n) is 14.3. The lowest BCUT2D eigenvalue weighted by Crippen LogP contribution is -2.55. The van der Waals surface area contributed by atoms with Crippen LogP contribution in [0.4, 0.5) is 43.9 Å². The number of halogens is 10. The van der Waals surface area contributed by atoms with Crippen molar-refractivity contribution in [3.63, 3.8) is 0 Å². The Bertz CT molecular complexity index is 734. The molecular formula is C12H16F10NO4S2+. The minimum absolute atomic E-state index is 0.180. The SMILES string of the molecule is O=S(=O)(CC[N+]1(CCS(=O)(=O)C(F)(F)C(F)(F)F)CCCC1)C(F)(F)C(F)(F)F. The van der Waals surface area contributed by atoms with Crippen molar-refractivity contribution in [3.8, 4) is 0 Å². The van der Waals surface area contributed by atoms with Gasteiger partial charge in [0.2, 0.25) is 19.7 Å². The highest BCUT2D eigenvalue weighted by molar-refractivity contribution is 7.92. The average Bonchev–Trinajstić information content (AvgIpc) is 2.98. The first-order chi connectivity index (χ1) is 12.6. The summed E-state index contributed by atoms with van der Waals surface area (Å²) in [4.78, 5) is 0. The maximum absolute atomic E-state index is 13.1. The second-order valence-corrected chi connectivity index (χ2v) is 10.9. The molecule has 0 saturated carbocycles. The summed E-state index contributed by atoms with van der Waals surface area (Å²) in [5.74, 6) is -3.54. The molecule has 17 heteroatoms. The Morgan fingerprint density at radius 3 is 1.10 bits per heavy atom. The predicted molar refractivity (Wildman–Crippen MR) is 78.5 cm³/mol. The highest BCUT2D eigenvalue weighted by atomic mass is 32.2. The van der Waals surface area contributed by atoms with Crippen LogP contribution in [0.3, 0.4) is 0 Å². The van der Waals surface area contributed by atoms with Crippen molar-refractivity contribution in [2.24, 2.45) is 0 Å². The van der Waals surface area contributed by atoms with E-state index in [1.54, 1.807) is 0 Å². The molecule has 0 aromatic heterocycles. The van der Waals surface area contributed by atoms with Crippen molar-refractivity contribution in [1.29, 1.82) is 0 Å². The smallest absolute Gasteiger partial charge is 0.322 e. The highest BCUT2D eigenvalue weighted by Gasteiger charge is 2.68. The van der Waals surface area contributed by atoms with Crippen LogP contribution < -0.4 is 0 Å². The summed E-state index contributed by atoms with van der Waals surface area (Å²) in [6, 6.07) is 0. The molecule has 0 aromatic carbocycles. The molecule has 1 aliphatic rings. The number of likely N-dealkylation sites (tertiary alicyclic amines) is 1. The molecule has 5 nitrogen and oxygen atoms in total. The second kappa shape index (κ2) is 7.69. The Kier molecular flexibility index (Phi) is 6.95. The topological polar surface area (TPSA) is 68.3 Å². The van der Waals surface area contributed by atoms with Crippen LogP contribution in [0.25, 0.3) is 0 Å². The van der Waals surface area contributed by atoms with E-state index in [-0.39, 0.29) is 25.9 Å². The third kappa shape index (κ3) is 5.08. The molecule has 0 aromatic rings. The number of rotatable bonds is 8. The number of hydrogen-bond acceptors (Lipinski definition) is 4. The predicted octanol–water partition coefficient (Wildman–Crippen LogP) is 2.74. The third-order valence-electron chi connectivity index (χ3n) is 4.62. The summed E-state index contributed by atoms with van der Waals surface area (Å²) in [5, 5.41) is -12.2. The summed E-state index contributed by atoms with van der Waals surface area (Å²) in [7, 11) is -12.2. The van der Waals surface area contributed by atoms with Crippen LogP contribution in [0.2, 0.25) is 0 Å². The molecule has 1 saturated heterocycles. The van der Waals surface area contributed by atoms with Crippen molar-refractivity contribution in [2.45, 2.75) is 35.7 Å². The molecule has 0 N–H and O–H groups in total. The van der Waals surface area contributed by atoms with Crippen molar-refractivity contribution < 1.29 is 65.2 Å². The van der Waals surface area contributed by atoms with Gasteiger partial charge in [-0.3, -0.25) is 0 Å². The summed E-state index contributed by atoms with van der Waals surface area (Å²) in [5.41, 5.74) is 0. The standard InChI is InChI=1S/C12H16F10NO4S2/c13-9(14,15)11(19,20)28(24,25)7-5-23(3-1-2-4-23)6-8-29(26,27)12(21,22)10(16,17)18/h1-8H2/q+1. The fourth-order valence-electron chi connectivity index (χ4n) is 2.80. The van der Waals surface area contributed by atoms with Crippen LogP contribution in [0.5, 0.6) is 0 Å². The number of alkyl halides is 10. The highest BCUT2D eigenvalue weighted by Crippen LogP contribution is 2.42. The lowest BCUT2D eigenvalue weighted by molar-refractivity contribution is -0.912. The lowest BCUT2D eigenvalue weighted by atomic mass is 10.4. The normalized spacial score (nSPS) is 19.5. The molecule has 174 valence electrons. The Labute approximate surface area is 159 Å². The maximum Gasteiger partial charge on any atom is 0.469 e. The van der Waals surface area contributed by atoms with Crippen molar-refractivity contribution in [2.75, 3.05) is 37.7 Å². The minimum atomic E-state index is -6.42. The van der Waals surface area contributed by atoms with Crippen molar-refractivity contribution >= 4 is 19.7 Å². The average molecular weight is 492 g/mol. The molecule has 0 bridgehead atoms. The molecule has 0 radical (unpaired) electrons. The van der Waals surface area contributed by atoms with E-state index >= 15 is 0 Å². The van der Waals surface area contributed by atoms with E-state index < -0.39 is 71.6 Å². The molecule has 1 aliphatic heterocycles. The van der Waals surface area contributed by atoms with Gasteiger partial charge in [0.15, 0.2) is 0 Å². The van der Waals surface area contributed by atoms with Crippen LogP contribution in [0, 0.1) is 0 Å². The van der Waals surface area contributed by atoms with Gasteiger partial charge in [-0.25, -0.2) is 16.8 Å². The maximum atomic E-state index is 13.1. The summed E-state index contributed by atoms with van der Waals surface area (Å²) in [6.45, 7) is -2.36. The molecule has 1 fully saturated rings. The zero-order valence-corrected chi connectivity index (χ0v) is 16.0. The van der Waals surface area contributed by atoms with Gasteiger partial charge in [-0.15, -0.1) is 0 Å². The summed E-state index contributed by atoms with van der Waals surface area (Å²) < 4.78 is 171. The van der Waals surface area contributed by atoms with Crippen molar-refractivity contribution in [1.82, 2.24) is 0 Å². The molecule has 0 spiro atoms.